The number of hydrogen-bond acceptors (Lipinski definition) is 5. The molecule has 3 rings (SSSR count). The van der Waals surface area contributed by atoms with Crippen molar-refractivity contribution in [3.63, 3.8) is 0 Å². The van der Waals surface area contributed by atoms with E-state index in [9.17, 15) is 8.42 Å². The molecule has 9 heteroatoms. The molecule has 0 aliphatic carbocycles. The Morgan fingerprint density at radius 2 is 1.88 bits per heavy atom. The van der Waals surface area contributed by atoms with Crippen LogP contribution in [0.2, 0.25) is 10.0 Å². The number of nitrogens with zero attached hydrogens (tertiary/aromatic N) is 2. The van der Waals surface area contributed by atoms with Gasteiger partial charge < -0.3 is 4.90 Å². The van der Waals surface area contributed by atoms with Crippen LogP contribution < -0.4 is 9.62 Å². The van der Waals surface area contributed by atoms with E-state index in [1.165, 1.54) is 25.0 Å². The maximum absolute atomic E-state index is 12.4. The Hall–Kier alpha value is -0.860. The highest BCUT2D eigenvalue weighted by Gasteiger charge is 2.21. The monoisotopic (exact) mass is 405 g/mol. The summed E-state index contributed by atoms with van der Waals surface area (Å²) < 4.78 is 27.3. The molecule has 24 heavy (non-hydrogen) atoms. The van der Waals surface area contributed by atoms with Crippen molar-refractivity contribution in [2.45, 2.75) is 24.2 Å². The molecule has 1 aromatic carbocycles. The summed E-state index contributed by atoms with van der Waals surface area (Å²) in [5.74, 6) is 0. The van der Waals surface area contributed by atoms with Gasteiger partial charge in [0, 0.05) is 31.4 Å². The van der Waals surface area contributed by atoms with Gasteiger partial charge >= 0.3 is 0 Å². The van der Waals surface area contributed by atoms with Crippen LogP contribution in [0, 0.1) is 0 Å². The number of halogens is 2. The summed E-state index contributed by atoms with van der Waals surface area (Å²) in [5.41, 5.74) is 0.884. The zero-order valence-corrected chi connectivity index (χ0v) is 16.0. The molecule has 0 amide bonds. The van der Waals surface area contributed by atoms with E-state index in [-0.39, 0.29) is 21.5 Å². The van der Waals surface area contributed by atoms with Crippen molar-refractivity contribution < 1.29 is 8.42 Å². The van der Waals surface area contributed by atoms with Crippen LogP contribution in [0.15, 0.2) is 28.5 Å². The summed E-state index contributed by atoms with van der Waals surface area (Å²) >= 11 is 13.5. The van der Waals surface area contributed by atoms with E-state index in [1.54, 1.807) is 17.4 Å². The van der Waals surface area contributed by atoms with Crippen LogP contribution in [-0.4, -0.2) is 33.0 Å². The lowest BCUT2D eigenvalue weighted by molar-refractivity contribution is 0.581. The van der Waals surface area contributed by atoms with Crippen molar-refractivity contribution in [2.24, 2.45) is 0 Å². The second-order valence-electron chi connectivity index (χ2n) is 5.51. The van der Waals surface area contributed by atoms with Crippen molar-refractivity contribution in [1.82, 2.24) is 9.71 Å². The minimum Gasteiger partial charge on any atom is -0.348 e. The minimum absolute atomic E-state index is 0.0793. The first kappa shape index (κ1) is 17.9. The standard InChI is InChI=1S/C15H17Cl2N3O2S2/c16-12-4-3-5-13(17)14(12)24(21,22)18-7-6-11-10-23-15(19-11)20-8-1-2-9-20/h3-5,10,18H,1-2,6-9H2. The second kappa shape index (κ2) is 7.58. The van der Waals surface area contributed by atoms with Gasteiger partial charge in [-0.1, -0.05) is 29.3 Å². The van der Waals surface area contributed by atoms with Crippen LogP contribution in [-0.2, 0) is 16.4 Å². The van der Waals surface area contributed by atoms with Crippen molar-refractivity contribution in [2.75, 3.05) is 24.5 Å². The average molecular weight is 406 g/mol. The molecule has 1 aliphatic rings. The van der Waals surface area contributed by atoms with Crippen LogP contribution in [0.3, 0.4) is 0 Å². The van der Waals surface area contributed by atoms with Gasteiger partial charge in [0.1, 0.15) is 4.90 Å². The van der Waals surface area contributed by atoms with E-state index in [2.05, 4.69) is 14.6 Å². The van der Waals surface area contributed by atoms with Gasteiger partial charge in [0.25, 0.3) is 0 Å². The first-order valence-electron chi connectivity index (χ1n) is 7.60. The minimum atomic E-state index is -3.75. The zero-order chi connectivity index (χ0) is 17.2. The first-order chi connectivity index (χ1) is 11.5. The van der Waals surface area contributed by atoms with Gasteiger partial charge in [-0.2, -0.15) is 0 Å². The Balaban J connectivity index is 1.61. The Morgan fingerprint density at radius 3 is 2.54 bits per heavy atom. The van der Waals surface area contributed by atoms with Crippen LogP contribution >= 0.6 is 34.5 Å². The normalized spacial score (nSPS) is 15.2. The van der Waals surface area contributed by atoms with E-state index in [0.717, 1.165) is 23.9 Å². The Labute approximate surface area is 155 Å². The lowest BCUT2D eigenvalue weighted by Crippen LogP contribution is -2.26. The summed E-state index contributed by atoms with van der Waals surface area (Å²) in [4.78, 5) is 6.76. The summed E-state index contributed by atoms with van der Waals surface area (Å²) in [6, 6.07) is 4.62. The highest BCUT2D eigenvalue weighted by atomic mass is 35.5. The lowest BCUT2D eigenvalue weighted by atomic mass is 10.3. The third kappa shape index (κ3) is 4.03. The van der Waals surface area contributed by atoms with Crippen molar-refractivity contribution in [3.8, 4) is 0 Å². The van der Waals surface area contributed by atoms with Gasteiger partial charge in [0.15, 0.2) is 5.13 Å². The summed E-state index contributed by atoms with van der Waals surface area (Å²) in [6.07, 6.45) is 2.92. The molecule has 0 bridgehead atoms. The first-order valence-corrected chi connectivity index (χ1v) is 10.7. The Morgan fingerprint density at radius 1 is 1.21 bits per heavy atom. The number of nitrogens with one attached hydrogen (secondary N) is 1. The van der Waals surface area contributed by atoms with Crippen LogP contribution in [0.4, 0.5) is 5.13 Å². The molecule has 2 aromatic rings. The van der Waals surface area contributed by atoms with E-state index >= 15 is 0 Å². The average Bonchev–Trinajstić information content (AvgIpc) is 3.17. The second-order valence-corrected chi connectivity index (χ2v) is 8.87. The molecule has 1 aromatic heterocycles. The predicted molar refractivity (Wildman–Crippen MR) is 98.9 cm³/mol. The molecule has 1 N–H and O–H groups in total. The fourth-order valence-electron chi connectivity index (χ4n) is 2.59. The van der Waals surface area contributed by atoms with E-state index in [1.807, 2.05) is 5.38 Å². The molecule has 0 radical (unpaired) electrons. The molecule has 1 fully saturated rings. The number of aromatic nitrogens is 1. The number of thiazole rings is 1. The fraction of sp³-hybridized carbons (Fsp3) is 0.400. The molecule has 0 unspecified atom stereocenters. The van der Waals surface area contributed by atoms with E-state index < -0.39 is 10.0 Å². The molecule has 0 saturated carbocycles. The summed E-state index contributed by atoms with van der Waals surface area (Å²) in [6.45, 7) is 2.34. The van der Waals surface area contributed by atoms with Gasteiger partial charge in [-0.3, -0.25) is 0 Å². The summed E-state index contributed by atoms with van der Waals surface area (Å²) in [7, 11) is -3.75. The molecule has 1 aliphatic heterocycles. The SMILES string of the molecule is O=S(=O)(NCCc1csc(N2CCCC2)n1)c1c(Cl)cccc1Cl. The number of hydrogen-bond donors (Lipinski definition) is 1. The third-order valence-electron chi connectivity index (χ3n) is 3.78. The summed E-state index contributed by atoms with van der Waals surface area (Å²) in [5, 5.41) is 3.21. The predicted octanol–water partition coefficient (Wildman–Crippen LogP) is 3.57. The molecular weight excluding hydrogens is 389 g/mol. The van der Waals surface area contributed by atoms with Crippen LogP contribution in [0.25, 0.3) is 0 Å². The molecule has 0 atom stereocenters. The zero-order valence-electron chi connectivity index (χ0n) is 12.8. The van der Waals surface area contributed by atoms with Gasteiger partial charge in [-0.15, -0.1) is 11.3 Å². The molecule has 130 valence electrons. The number of rotatable bonds is 6. The van der Waals surface area contributed by atoms with Crippen molar-refractivity contribution in [1.29, 1.82) is 0 Å². The Kier molecular flexibility index (Phi) is 5.66. The molecule has 5 nitrogen and oxygen atoms in total. The maximum atomic E-state index is 12.4. The maximum Gasteiger partial charge on any atom is 0.243 e. The van der Waals surface area contributed by atoms with E-state index in [0.29, 0.717) is 6.42 Å². The number of benzene rings is 1. The van der Waals surface area contributed by atoms with Crippen molar-refractivity contribution >= 4 is 49.7 Å². The topological polar surface area (TPSA) is 62.3 Å². The number of sulfonamides is 1. The van der Waals surface area contributed by atoms with Crippen molar-refractivity contribution in [3.05, 3.63) is 39.3 Å². The highest BCUT2D eigenvalue weighted by molar-refractivity contribution is 7.89. The molecule has 1 saturated heterocycles. The highest BCUT2D eigenvalue weighted by Crippen LogP contribution is 2.29. The Bertz CT molecular complexity index is 798. The molecule has 2 heterocycles. The third-order valence-corrected chi connectivity index (χ3v) is 7.14. The quantitative estimate of drug-likeness (QED) is 0.797. The van der Waals surface area contributed by atoms with Crippen LogP contribution in [0.5, 0.6) is 0 Å². The van der Waals surface area contributed by atoms with Gasteiger partial charge in [0.2, 0.25) is 10.0 Å². The lowest BCUT2D eigenvalue weighted by Gasteiger charge is -2.12. The van der Waals surface area contributed by atoms with Gasteiger partial charge in [-0.05, 0) is 25.0 Å². The fourth-order valence-corrected chi connectivity index (χ4v) is 5.67. The van der Waals surface area contributed by atoms with Crippen LogP contribution in [0.1, 0.15) is 18.5 Å². The smallest absolute Gasteiger partial charge is 0.243 e. The van der Waals surface area contributed by atoms with E-state index in [4.69, 9.17) is 23.2 Å². The van der Waals surface area contributed by atoms with Gasteiger partial charge in [0.05, 0.1) is 15.7 Å². The molecular formula is C15H17Cl2N3O2S2. The number of anilines is 1. The molecule has 0 spiro atoms. The van der Waals surface area contributed by atoms with Gasteiger partial charge in [-0.25, -0.2) is 18.1 Å². The largest absolute Gasteiger partial charge is 0.348 e.